The number of carbonyl (C=O) groups is 3. The second-order valence-corrected chi connectivity index (χ2v) is 9.90. The van der Waals surface area contributed by atoms with Gasteiger partial charge < -0.3 is 19.7 Å². The van der Waals surface area contributed by atoms with Crippen molar-refractivity contribution in [1.29, 1.82) is 0 Å². The van der Waals surface area contributed by atoms with Crippen molar-refractivity contribution in [3.63, 3.8) is 0 Å². The zero-order valence-electron chi connectivity index (χ0n) is 22.3. The summed E-state index contributed by atoms with van der Waals surface area (Å²) in [5, 5.41) is 2.91. The molecule has 0 bridgehead atoms. The third-order valence-electron chi connectivity index (χ3n) is 5.61. The maximum Gasteiger partial charge on any atom is 0.338 e. The molecule has 0 saturated heterocycles. The summed E-state index contributed by atoms with van der Waals surface area (Å²) in [7, 11) is 4.82. The van der Waals surface area contributed by atoms with Gasteiger partial charge in [-0.3, -0.25) is 9.59 Å². The second kappa shape index (κ2) is 11.7. The maximum absolute atomic E-state index is 12.7. The molecule has 0 aliphatic carbocycles. The summed E-state index contributed by atoms with van der Waals surface area (Å²) in [6.07, 6.45) is 0.656. The van der Waals surface area contributed by atoms with Gasteiger partial charge in [-0.25, -0.2) is 4.79 Å². The number of carbonyl (C=O) groups excluding carboxylic acids is 3. The van der Waals surface area contributed by atoms with Crippen molar-refractivity contribution in [2.24, 2.45) is 0 Å². The van der Waals surface area contributed by atoms with Gasteiger partial charge in [0.15, 0.2) is 0 Å². The Morgan fingerprint density at radius 1 is 0.838 bits per heavy atom. The Hall–Kier alpha value is -4.13. The highest BCUT2D eigenvalue weighted by molar-refractivity contribution is 6.00. The molecule has 7 nitrogen and oxygen atoms in total. The summed E-state index contributed by atoms with van der Waals surface area (Å²) in [5.41, 5.74) is 3.92. The first-order valence-corrected chi connectivity index (χ1v) is 12.1. The topological polar surface area (TPSA) is 84.9 Å². The number of hydrogen-bond donors (Lipinski definition) is 1. The molecule has 3 aromatic carbocycles. The highest BCUT2D eigenvalue weighted by atomic mass is 16.6. The van der Waals surface area contributed by atoms with Gasteiger partial charge >= 0.3 is 5.97 Å². The van der Waals surface area contributed by atoms with Crippen LogP contribution in [0.3, 0.4) is 0 Å². The van der Waals surface area contributed by atoms with Crippen molar-refractivity contribution in [1.82, 2.24) is 10.2 Å². The van der Waals surface area contributed by atoms with Crippen LogP contribution >= 0.6 is 0 Å². The Kier molecular flexibility index (Phi) is 8.71. The molecule has 37 heavy (non-hydrogen) atoms. The minimum absolute atomic E-state index is 0.160. The van der Waals surface area contributed by atoms with E-state index in [9.17, 15) is 14.4 Å². The molecule has 0 saturated carbocycles. The summed E-state index contributed by atoms with van der Waals surface area (Å²) in [6.45, 7) is 5.98. The standard InChI is InChI=1S/C30H34N2O5/c1-30(2,3)37-29(35)23-13-11-22(12-14-23)21-9-7-20(8-10-21)17-18-31-27(33)25-16-15-24(19-26(25)36-6)28(34)32(4)5/h7-16,19H,17-18H2,1-6H3,(H,31,33). The van der Waals surface area contributed by atoms with Crippen LogP contribution in [0.5, 0.6) is 5.75 Å². The predicted molar refractivity (Wildman–Crippen MR) is 144 cm³/mol. The number of hydrogen-bond acceptors (Lipinski definition) is 5. The summed E-state index contributed by atoms with van der Waals surface area (Å²) >= 11 is 0. The molecule has 0 spiro atoms. The van der Waals surface area contributed by atoms with Crippen molar-refractivity contribution >= 4 is 17.8 Å². The van der Waals surface area contributed by atoms with Gasteiger partial charge in [-0.05, 0) is 74.2 Å². The summed E-state index contributed by atoms with van der Waals surface area (Å²) in [4.78, 5) is 38.6. The van der Waals surface area contributed by atoms with Gasteiger partial charge in [-0.2, -0.15) is 0 Å². The highest BCUT2D eigenvalue weighted by Gasteiger charge is 2.18. The average Bonchev–Trinajstić information content (AvgIpc) is 2.87. The molecule has 1 N–H and O–H groups in total. The first-order chi connectivity index (χ1) is 17.5. The van der Waals surface area contributed by atoms with Crippen LogP contribution in [0.25, 0.3) is 11.1 Å². The van der Waals surface area contributed by atoms with Crippen molar-refractivity contribution in [2.45, 2.75) is 32.8 Å². The van der Waals surface area contributed by atoms with E-state index in [2.05, 4.69) is 5.32 Å². The van der Waals surface area contributed by atoms with Gasteiger partial charge in [0.2, 0.25) is 0 Å². The fraction of sp³-hybridized carbons (Fsp3) is 0.300. The SMILES string of the molecule is COc1cc(C(=O)N(C)C)ccc1C(=O)NCCc1ccc(-c2ccc(C(=O)OC(C)(C)C)cc2)cc1. The lowest BCUT2D eigenvalue weighted by molar-refractivity contribution is 0.00693. The number of nitrogens with one attached hydrogen (secondary N) is 1. The minimum Gasteiger partial charge on any atom is -0.496 e. The van der Waals surface area contributed by atoms with E-state index in [1.807, 2.05) is 57.2 Å². The normalized spacial score (nSPS) is 11.0. The largest absolute Gasteiger partial charge is 0.496 e. The van der Waals surface area contributed by atoms with E-state index in [1.165, 1.54) is 12.0 Å². The number of methoxy groups -OCH3 is 1. The molecule has 0 aliphatic heterocycles. The predicted octanol–water partition coefficient (Wildman–Crippen LogP) is 4.99. The molecule has 3 rings (SSSR count). The molecule has 0 aromatic heterocycles. The lowest BCUT2D eigenvalue weighted by atomic mass is 10.0. The maximum atomic E-state index is 12.7. The molecule has 2 amide bonds. The van der Waals surface area contributed by atoms with Gasteiger partial charge in [0.25, 0.3) is 11.8 Å². The Bertz CT molecular complexity index is 1260. The monoisotopic (exact) mass is 502 g/mol. The Morgan fingerprint density at radius 3 is 1.95 bits per heavy atom. The van der Waals surface area contributed by atoms with E-state index in [1.54, 1.807) is 44.4 Å². The lowest BCUT2D eigenvalue weighted by Crippen LogP contribution is -2.26. The van der Waals surface area contributed by atoms with E-state index < -0.39 is 5.60 Å². The molecule has 0 radical (unpaired) electrons. The van der Waals surface area contributed by atoms with Crippen molar-refractivity contribution in [2.75, 3.05) is 27.7 Å². The molecule has 194 valence electrons. The Labute approximate surface area is 218 Å². The molecular formula is C30H34N2O5. The van der Waals surface area contributed by atoms with E-state index in [-0.39, 0.29) is 17.8 Å². The van der Waals surface area contributed by atoms with Crippen LogP contribution < -0.4 is 10.1 Å². The molecule has 0 atom stereocenters. The highest BCUT2D eigenvalue weighted by Crippen LogP contribution is 2.23. The minimum atomic E-state index is -0.534. The Balaban J connectivity index is 1.57. The van der Waals surface area contributed by atoms with Gasteiger partial charge in [0.05, 0.1) is 18.2 Å². The van der Waals surface area contributed by atoms with Crippen molar-refractivity contribution in [3.8, 4) is 16.9 Å². The van der Waals surface area contributed by atoms with Crippen LogP contribution in [0.15, 0.2) is 66.7 Å². The molecule has 0 fully saturated rings. The van der Waals surface area contributed by atoms with Gasteiger partial charge in [0.1, 0.15) is 11.4 Å². The number of ether oxygens (including phenoxy) is 2. The quantitative estimate of drug-likeness (QED) is 0.439. The fourth-order valence-electron chi connectivity index (χ4n) is 3.69. The van der Waals surface area contributed by atoms with Gasteiger partial charge in [-0.15, -0.1) is 0 Å². The van der Waals surface area contributed by atoms with Gasteiger partial charge in [0, 0.05) is 26.2 Å². The fourth-order valence-corrected chi connectivity index (χ4v) is 3.69. The summed E-state index contributed by atoms with van der Waals surface area (Å²) in [6, 6.07) is 20.2. The second-order valence-electron chi connectivity index (χ2n) is 9.90. The Morgan fingerprint density at radius 2 is 1.41 bits per heavy atom. The molecule has 7 heteroatoms. The smallest absolute Gasteiger partial charge is 0.338 e. The summed E-state index contributed by atoms with van der Waals surface area (Å²) < 4.78 is 10.8. The van der Waals surface area contributed by atoms with Crippen molar-refractivity contribution < 1.29 is 23.9 Å². The molecule has 0 unspecified atom stereocenters. The number of benzene rings is 3. The van der Waals surface area contributed by atoms with Crippen LogP contribution in [0.1, 0.15) is 57.4 Å². The molecular weight excluding hydrogens is 468 g/mol. The van der Waals surface area contributed by atoms with E-state index in [0.29, 0.717) is 35.4 Å². The van der Waals surface area contributed by atoms with Crippen LogP contribution in [0, 0.1) is 0 Å². The zero-order valence-corrected chi connectivity index (χ0v) is 22.3. The number of nitrogens with zero attached hydrogens (tertiary/aromatic N) is 1. The molecule has 0 aliphatic rings. The van der Waals surface area contributed by atoms with Crippen LogP contribution in [0.2, 0.25) is 0 Å². The third-order valence-corrected chi connectivity index (χ3v) is 5.61. The molecule has 0 heterocycles. The first-order valence-electron chi connectivity index (χ1n) is 12.1. The molecule has 3 aromatic rings. The lowest BCUT2D eigenvalue weighted by Gasteiger charge is -2.19. The van der Waals surface area contributed by atoms with Gasteiger partial charge in [-0.1, -0.05) is 36.4 Å². The van der Waals surface area contributed by atoms with Crippen LogP contribution in [-0.4, -0.2) is 56.0 Å². The number of rotatable bonds is 8. The number of esters is 1. The van der Waals surface area contributed by atoms with Crippen LogP contribution in [0.4, 0.5) is 0 Å². The number of amides is 2. The zero-order chi connectivity index (χ0) is 27.2. The van der Waals surface area contributed by atoms with Crippen LogP contribution in [-0.2, 0) is 11.2 Å². The van der Waals surface area contributed by atoms with E-state index in [4.69, 9.17) is 9.47 Å². The first kappa shape index (κ1) is 27.5. The van der Waals surface area contributed by atoms with E-state index in [0.717, 1.165) is 16.7 Å². The van der Waals surface area contributed by atoms with E-state index >= 15 is 0 Å². The third kappa shape index (κ3) is 7.43. The average molecular weight is 503 g/mol. The summed E-state index contributed by atoms with van der Waals surface area (Å²) in [5.74, 6) is -0.408. The van der Waals surface area contributed by atoms with Crippen molar-refractivity contribution in [3.05, 3.63) is 89.0 Å².